The van der Waals surface area contributed by atoms with Crippen molar-refractivity contribution in [2.75, 3.05) is 11.1 Å². The number of ether oxygens (including phenoxy) is 1. The van der Waals surface area contributed by atoms with Gasteiger partial charge in [0.25, 0.3) is 0 Å². The van der Waals surface area contributed by atoms with Crippen molar-refractivity contribution in [1.82, 2.24) is 19.7 Å². The number of hydrogen-bond donors (Lipinski definition) is 1. The highest BCUT2D eigenvalue weighted by atomic mass is 35.5. The van der Waals surface area contributed by atoms with Gasteiger partial charge in [-0.25, -0.2) is 4.98 Å². The highest BCUT2D eigenvalue weighted by Gasteiger charge is 2.20. The van der Waals surface area contributed by atoms with Gasteiger partial charge in [0.05, 0.1) is 21.0 Å². The molecule has 0 fully saturated rings. The number of para-hydroxylation sites is 1. The molecule has 0 saturated heterocycles. The standard InChI is InChI=1S/C29H26ClN5O2S2/c1-4-15-35-27(19(3)37-24-8-6-5-7-22(24)30)33-34-29(35)38-17-26(36)31-21-12-10-20(11-13-21)28-32-23-14-9-18(2)16-25(23)39-28/h4-14,16,19H,1,15,17H2,2-3H3,(H,31,36). The topological polar surface area (TPSA) is 81.9 Å². The first-order valence-electron chi connectivity index (χ1n) is 12.3. The van der Waals surface area contributed by atoms with Crippen LogP contribution in [0.5, 0.6) is 5.75 Å². The number of hydrogen-bond acceptors (Lipinski definition) is 7. The van der Waals surface area contributed by atoms with E-state index in [0.29, 0.717) is 28.3 Å². The van der Waals surface area contributed by atoms with Crippen molar-refractivity contribution in [2.45, 2.75) is 31.7 Å². The number of fused-ring (bicyclic) bond motifs is 1. The third-order valence-electron chi connectivity index (χ3n) is 5.85. The summed E-state index contributed by atoms with van der Waals surface area (Å²) in [5.74, 6) is 1.22. The van der Waals surface area contributed by atoms with Crippen LogP contribution in [0.1, 0.15) is 24.4 Å². The maximum Gasteiger partial charge on any atom is 0.234 e. The van der Waals surface area contributed by atoms with Gasteiger partial charge in [-0.15, -0.1) is 28.1 Å². The van der Waals surface area contributed by atoms with Gasteiger partial charge in [0.15, 0.2) is 17.1 Å². The summed E-state index contributed by atoms with van der Waals surface area (Å²) in [6, 6.07) is 21.3. The molecule has 3 aromatic carbocycles. The molecule has 7 nitrogen and oxygen atoms in total. The molecule has 39 heavy (non-hydrogen) atoms. The van der Waals surface area contributed by atoms with Crippen LogP contribution < -0.4 is 10.1 Å². The Morgan fingerprint density at radius 2 is 1.97 bits per heavy atom. The van der Waals surface area contributed by atoms with Gasteiger partial charge in [0.2, 0.25) is 5.91 Å². The molecule has 10 heteroatoms. The largest absolute Gasteiger partial charge is 0.481 e. The second-order valence-corrected chi connectivity index (χ2v) is 11.2. The molecule has 1 unspecified atom stereocenters. The van der Waals surface area contributed by atoms with Crippen molar-refractivity contribution in [3.63, 3.8) is 0 Å². The number of thiazole rings is 1. The number of rotatable bonds is 10. The van der Waals surface area contributed by atoms with Crippen LogP contribution in [0.4, 0.5) is 5.69 Å². The molecular weight excluding hydrogens is 550 g/mol. The molecule has 0 radical (unpaired) electrons. The molecular formula is C29H26ClN5O2S2. The van der Waals surface area contributed by atoms with Crippen LogP contribution in [-0.2, 0) is 11.3 Å². The number of aromatic nitrogens is 4. The number of carbonyl (C=O) groups is 1. The van der Waals surface area contributed by atoms with E-state index >= 15 is 0 Å². The third-order valence-corrected chi connectivity index (χ3v) is 8.20. The molecule has 0 aliphatic heterocycles. The summed E-state index contributed by atoms with van der Waals surface area (Å²) in [5, 5.41) is 13.7. The quantitative estimate of drug-likeness (QED) is 0.137. The molecule has 1 N–H and O–H groups in total. The normalized spacial score (nSPS) is 11.9. The Hall–Kier alpha value is -3.66. The number of amides is 1. The van der Waals surface area contributed by atoms with Gasteiger partial charge in [-0.1, -0.05) is 47.6 Å². The van der Waals surface area contributed by atoms with Gasteiger partial charge < -0.3 is 10.1 Å². The number of anilines is 1. The molecule has 2 aromatic heterocycles. The molecule has 0 spiro atoms. The van der Waals surface area contributed by atoms with Crippen LogP contribution in [0.15, 0.2) is 84.5 Å². The van der Waals surface area contributed by atoms with Crippen molar-refractivity contribution in [2.24, 2.45) is 0 Å². The lowest BCUT2D eigenvalue weighted by Crippen LogP contribution is -2.15. The van der Waals surface area contributed by atoms with E-state index < -0.39 is 6.10 Å². The van der Waals surface area contributed by atoms with Crippen molar-refractivity contribution < 1.29 is 9.53 Å². The molecule has 0 aliphatic carbocycles. The Bertz CT molecular complexity index is 1630. The summed E-state index contributed by atoms with van der Waals surface area (Å²) in [6.45, 7) is 8.28. The highest BCUT2D eigenvalue weighted by Crippen LogP contribution is 2.32. The van der Waals surface area contributed by atoms with Crippen molar-refractivity contribution >= 4 is 56.5 Å². The number of thioether (sulfide) groups is 1. The van der Waals surface area contributed by atoms with E-state index in [1.807, 2.05) is 54.0 Å². The number of halogens is 1. The zero-order valence-electron chi connectivity index (χ0n) is 21.4. The Morgan fingerprint density at radius 3 is 2.74 bits per heavy atom. The fraction of sp³-hybridized carbons (Fsp3) is 0.172. The Morgan fingerprint density at radius 1 is 1.18 bits per heavy atom. The van der Waals surface area contributed by atoms with Crippen LogP contribution in [0.25, 0.3) is 20.8 Å². The maximum atomic E-state index is 12.7. The SMILES string of the molecule is C=CCn1c(SCC(=O)Nc2ccc(-c3nc4ccc(C)cc4s3)cc2)nnc1C(C)Oc1ccccc1Cl. The molecule has 0 aliphatic rings. The number of nitrogens with one attached hydrogen (secondary N) is 1. The van der Waals surface area contributed by atoms with E-state index in [1.165, 1.54) is 17.3 Å². The molecule has 198 valence electrons. The van der Waals surface area contributed by atoms with Gasteiger partial charge in [-0.3, -0.25) is 9.36 Å². The van der Waals surface area contributed by atoms with Crippen molar-refractivity contribution in [3.05, 3.63) is 95.8 Å². The highest BCUT2D eigenvalue weighted by molar-refractivity contribution is 7.99. The molecule has 0 bridgehead atoms. The summed E-state index contributed by atoms with van der Waals surface area (Å²) < 4.78 is 9.07. The van der Waals surface area contributed by atoms with Gasteiger partial charge in [0.1, 0.15) is 10.8 Å². The number of aryl methyl sites for hydroxylation is 1. The predicted molar refractivity (Wildman–Crippen MR) is 160 cm³/mol. The minimum Gasteiger partial charge on any atom is -0.481 e. The first-order chi connectivity index (χ1) is 18.9. The van der Waals surface area contributed by atoms with Gasteiger partial charge in [0, 0.05) is 17.8 Å². The van der Waals surface area contributed by atoms with E-state index in [-0.39, 0.29) is 11.7 Å². The van der Waals surface area contributed by atoms with E-state index in [4.69, 9.17) is 21.3 Å². The van der Waals surface area contributed by atoms with Crippen LogP contribution in [0, 0.1) is 6.92 Å². The maximum absolute atomic E-state index is 12.7. The summed E-state index contributed by atoms with van der Waals surface area (Å²) in [4.78, 5) is 17.5. The fourth-order valence-corrected chi connectivity index (χ4v) is 5.97. The van der Waals surface area contributed by atoms with Crippen molar-refractivity contribution in [1.29, 1.82) is 0 Å². The molecule has 2 heterocycles. The minimum atomic E-state index is -0.404. The van der Waals surface area contributed by atoms with E-state index in [0.717, 1.165) is 26.5 Å². The average Bonchev–Trinajstić information content (AvgIpc) is 3.53. The van der Waals surface area contributed by atoms with Crippen molar-refractivity contribution in [3.8, 4) is 16.3 Å². The Balaban J connectivity index is 1.21. The van der Waals surface area contributed by atoms with Crippen LogP contribution in [0.2, 0.25) is 5.02 Å². The predicted octanol–water partition coefficient (Wildman–Crippen LogP) is 7.57. The lowest BCUT2D eigenvalue weighted by atomic mass is 10.2. The minimum absolute atomic E-state index is 0.140. The third kappa shape index (κ3) is 6.33. The van der Waals surface area contributed by atoms with E-state index in [9.17, 15) is 4.79 Å². The number of carbonyl (C=O) groups excluding carboxylic acids is 1. The molecule has 0 saturated carbocycles. The lowest BCUT2D eigenvalue weighted by molar-refractivity contribution is -0.113. The first-order valence-corrected chi connectivity index (χ1v) is 14.4. The number of nitrogens with zero attached hydrogens (tertiary/aromatic N) is 4. The summed E-state index contributed by atoms with van der Waals surface area (Å²) >= 11 is 9.21. The fourth-order valence-electron chi connectivity index (χ4n) is 3.97. The van der Waals surface area contributed by atoms with E-state index in [1.54, 1.807) is 29.5 Å². The molecule has 1 atom stereocenters. The van der Waals surface area contributed by atoms with E-state index in [2.05, 4.69) is 41.1 Å². The molecule has 5 aromatic rings. The van der Waals surface area contributed by atoms with Gasteiger partial charge in [-0.05, 0) is 67.9 Å². The average molecular weight is 576 g/mol. The Labute approximate surface area is 239 Å². The van der Waals surface area contributed by atoms with Gasteiger partial charge >= 0.3 is 0 Å². The summed E-state index contributed by atoms with van der Waals surface area (Å²) in [5.41, 5.74) is 3.94. The summed E-state index contributed by atoms with van der Waals surface area (Å²) in [6.07, 6.45) is 1.35. The first kappa shape index (κ1) is 26.9. The van der Waals surface area contributed by atoms with Gasteiger partial charge in [-0.2, -0.15) is 0 Å². The second-order valence-electron chi connectivity index (χ2n) is 8.83. The second kappa shape index (κ2) is 12.0. The zero-order valence-corrected chi connectivity index (χ0v) is 23.8. The van der Waals surface area contributed by atoms with Crippen LogP contribution in [-0.4, -0.2) is 31.4 Å². The van der Waals surface area contributed by atoms with Crippen LogP contribution >= 0.6 is 34.7 Å². The number of allylic oxidation sites excluding steroid dienone is 1. The smallest absolute Gasteiger partial charge is 0.234 e. The Kier molecular flexibility index (Phi) is 8.30. The monoisotopic (exact) mass is 575 g/mol. The van der Waals surface area contributed by atoms with Crippen LogP contribution in [0.3, 0.4) is 0 Å². The number of benzene rings is 3. The molecule has 5 rings (SSSR count). The zero-order chi connectivity index (χ0) is 27.4. The summed E-state index contributed by atoms with van der Waals surface area (Å²) in [7, 11) is 0. The molecule has 1 amide bonds. The lowest BCUT2D eigenvalue weighted by Gasteiger charge is -2.16.